The first-order valence-electron chi connectivity index (χ1n) is 4.07. The second-order valence-corrected chi connectivity index (χ2v) is 2.89. The molecule has 0 atom stereocenters. The van der Waals surface area contributed by atoms with Gasteiger partial charge in [-0.25, -0.2) is 0 Å². The smallest absolute Gasteiger partial charge is 0.0552 e. The molecule has 0 bridgehead atoms. The molecule has 0 aliphatic rings. The van der Waals surface area contributed by atoms with Gasteiger partial charge < -0.3 is 5.73 Å². The van der Waals surface area contributed by atoms with E-state index in [4.69, 9.17) is 12.2 Å². The number of anilines is 1. The molecule has 0 unspecified atom stereocenters. The highest BCUT2D eigenvalue weighted by atomic mass is 14.6. The van der Waals surface area contributed by atoms with Crippen molar-refractivity contribution in [2.45, 2.75) is 0 Å². The minimum absolute atomic E-state index is 0.695. The van der Waals surface area contributed by atoms with Crippen LogP contribution in [0.1, 0.15) is 5.56 Å². The van der Waals surface area contributed by atoms with Crippen molar-refractivity contribution in [2.75, 3.05) is 5.73 Å². The van der Waals surface area contributed by atoms with Gasteiger partial charge in [-0.2, -0.15) is 0 Å². The van der Waals surface area contributed by atoms with Crippen LogP contribution in [0.3, 0.4) is 0 Å². The highest BCUT2D eigenvalue weighted by Gasteiger charge is 2.00. The largest absolute Gasteiger partial charge is 0.397 e. The Kier molecular flexibility index (Phi) is 1.68. The number of fused-ring (bicyclic) bond motifs is 1. The molecular formula is C12H9N. The zero-order valence-corrected chi connectivity index (χ0v) is 7.12. The van der Waals surface area contributed by atoms with Crippen LogP contribution in [0.2, 0.25) is 0 Å². The lowest BCUT2D eigenvalue weighted by molar-refractivity contribution is 1.68. The van der Waals surface area contributed by atoms with E-state index < -0.39 is 0 Å². The Labute approximate surface area is 77.2 Å². The van der Waals surface area contributed by atoms with Gasteiger partial charge in [0.25, 0.3) is 0 Å². The van der Waals surface area contributed by atoms with Gasteiger partial charge in [-0.1, -0.05) is 36.3 Å². The van der Waals surface area contributed by atoms with Crippen molar-refractivity contribution >= 4 is 16.5 Å². The molecule has 0 aromatic heterocycles. The van der Waals surface area contributed by atoms with E-state index in [0.717, 1.165) is 16.3 Å². The molecule has 2 aromatic rings. The van der Waals surface area contributed by atoms with Gasteiger partial charge in [-0.3, -0.25) is 0 Å². The van der Waals surface area contributed by atoms with E-state index in [1.54, 1.807) is 0 Å². The van der Waals surface area contributed by atoms with Crippen molar-refractivity contribution in [3.8, 4) is 12.3 Å². The minimum Gasteiger partial charge on any atom is -0.397 e. The van der Waals surface area contributed by atoms with Gasteiger partial charge in [-0.15, -0.1) is 6.42 Å². The summed E-state index contributed by atoms with van der Waals surface area (Å²) >= 11 is 0. The molecule has 0 saturated heterocycles. The lowest BCUT2D eigenvalue weighted by Crippen LogP contribution is -1.91. The Hall–Kier alpha value is -1.94. The molecule has 0 amide bonds. The predicted octanol–water partition coefficient (Wildman–Crippen LogP) is 2.40. The van der Waals surface area contributed by atoms with Crippen LogP contribution in [0.25, 0.3) is 10.8 Å². The summed E-state index contributed by atoms with van der Waals surface area (Å²) in [5.41, 5.74) is 7.34. The van der Waals surface area contributed by atoms with Crippen LogP contribution in [0, 0.1) is 12.3 Å². The summed E-state index contributed by atoms with van der Waals surface area (Å²) in [5.74, 6) is 2.56. The Morgan fingerprint density at radius 2 is 1.85 bits per heavy atom. The first kappa shape index (κ1) is 7.70. The van der Waals surface area contributed by atoms with E-state index in [0.29, 0.717) is 5.69 Å². The third-order valence-corrected chi connectivity index (χ3v) is 2.13. The molecule has 2 rings (SSSR count). The van der Waals surface area contributed by atoms with Crippen LogP contribution in [0.15, 0.2) is 36.4 Å². The molecule has 0 saturated carbocycles. The Morgan fingerprint density at radius 3 is 2.62 bits per heavy atom. The van der Waals surface area contributed by atoms with Crippen molar-refractivity contribution in [2.24, 2.45) is 0 Å². The van der Waals surface area contributed by atoms with Crippen molar-refractivity contribution in [3.63, 3.8) is 0 Å². The van der Waals surface area contributed by atoms with Gasteiger partial charge >= 0.3 is 0 Å². The molecule has 1 nitrogen and oxygen atoms in total. The normalized spacial score (nSPS) is 9.77. The zero-order valence-electron chi connectivity index (χ0n) is 7.12. The fourth-order valence-electron chi connectivity index (χ4n) is 1.42. The third kappa shape index (κ3) is 1.13. The molecule has 0 aliphatic heterocycles. The summed E-state index contributed by atoms with van der Waals surface area (Å²) in [4.78, 5) is 0. The zero-order chi connectivity index (χ0) is 9.26. The fourth-order valence-corrected chi connectivity index (χ4v) is 1.42. The van der Waals surface area contributed by atoms with Crippen molar-refractivity contribution in [1.82, 2.24) is 0 Å². The first-order valence-corrected chi connectivity index (χ1v) is 4.07. The van der Waals surface area contributed by atoms with Crippen LogP contribution < -0.4 is 5.73 Å². The number of hydrogen-bond donors (Lipinski definition) is 1. The van der Waals surface area contributed by atoms with Gasteiger partial charge in [0.15, 0.2) is 0 Å². The highest BCUT2D eigenvalue weighted by Crippen LogP contribution is 2.23. The van der Waals surface area contributed by atoms with E-state index in [-0.39, 0.29) is 0 Å². The predicted molar refractivity (Wildman–Crippen MR) is 56.3 cm³/mol. The molecule has 2 N–H and O–H groups in total. The average Bonchev–Trinajstić information content (AvgIpc) is 2.19. The average molecular weight is 167 g/mol. The monoisotopic (exact) mass is 167 g/mol. The second-order valence-electron chi connectivity index (χ2n) is 2.89. The standard InChI is InChI=1S/C12H9N/c1-2-9-7-8-10-5-3-4-6-11(10)12(9)13/h1,3-8H,13H2. The highest BCUT2D eigenvalue weighted by molar-refractivity contribution is 5.95. The second kappa shape index (κ2) is 2.84. The maximum atomic E-state index is 5.89. The van der Waals surface area contributed by atoms with Gasteiger partial charge in [0.1, 0.15) is 0 Å². The molecule has 0 fully saturated rings. The van der Waals surface area contributed by atoms with Crippen LogP contribution >= 0.6 is 0 Å². The van der Waals surface area contributed by atoms with E-state index in [2.05, 4.69) is 5.92 Å². The Bertz CT molecular complexity index is 492. The summed E-state index contributed by atoms with van der Waals surface area (Å²) in [6.45, 7) is 0. The molecule has 1 heteroatoms. The summed E-state index contributed by atoms with van der Waals surface area (Å²) < 4.78 is 0. The maximum absolute atomic E-state index is 5.89. The Balaban J connectivity index is 2.89. The van der Waals surface area contributed by atoms with Crippen LogP contribution in [0.4, 0.5) is 5.69 Å². The van der Waals surface area contributed by atoms with E-state index >= 15 is 0 Å². The summed E-state index contributed by atoms with van der Waals surface area (Å²) in [6.07, 6.45) is 5.31. The first-order chi connectivity index (χ1) is 6.33. The van der Waals surface area contributed by atoms with Crippen molar-refractivity contribution in [3.05, 3.63) is 42.0 Å². The van der Waals surface area contributed by atoms with E-state index in [9.17, 15) is 0 Å². The van der Waals surface area contributed by atoms with Crippen molar-refractivity contribution < 1.29 is 0 Å². The summed E-state index contributed by atoms with van der Waals surface area (Å²) in [6, 6.07) is 11.8. The number of hydrogen-bond acceptors (Lipinski definition) is 1. The van der Waals surface area contributed by atoms with E-state index in [1.165, 1.54) is 0 Å². The van der Waals surface area contributed by atoms with Crippen molar-refractivity contribution in [1.29, 1.82) is 0 Å². The molecule has 62 valence electrons. The number of terminal acetylenes is 1. The molecule has 0 heterocycles. The SMILES string of the molecule is C#Cc1ccc2ccccc2c1N. The third-order valence-electron chi connectivity index (χ3n) is 2.13. The number of nitrogen functional groups attached to an aromatic ring is 1. The quantitative estimate of drug-likeness (QED) is 0.473. The van der Waals surface area contributed by atoms with E-state index in [1.807, 2.05) is 36.4 Å². The van der Waals surface area contributed by atoms with Gasteiger partial charge in [0.05, 0.1) is 5.69 Å². The van der Waals surface area contributed by atoms with Crippen LogP contribution in [-0.4, -0.2) is 0 Å². The molecule has 0 radical (unpaired) electrons. The van der Waals surface area contributed by atoms with Gasteiger partial charge in [-0.05, 0) is 11.5 Å². The minimum atomic E-state index is 0.695. The Morgan fingerprint density at radius 1 is 1.08 bits per heavy atom. The number of benzene rings is 2. The van der Waals surface area contributed by atoms with Gasteiger partial charge in [0.2, 0.25) is 0 Å². The lowest BCUT2D eigenvalue weighted by atomic mass is 10.0. The van der Waals surface area contributed by atoms with Gasteiger partial charge in [0, 0.05) is 10.9 Å². The molecular weight excluding hydrogens is 158 g/mol. The topological polar surface area (TPSA) is 26.0 Å². The number of nitrogens with two attached hydrogens (primary N) is 1. The van der Waals surface area contributed by atoms with Crippen LogP contribution in [-0.2, 0) is 0 Å². The molecule has 0 spiro atoms. The molecule has 13 heavy (non-hydrogen) atoms. The maximum Gasteiger partial charge on any atom is 0.0552 e. The molecule has 0 aliphatic carbocycles. The summed E-state index contributed by atoms with van der Waals surface area (Å²) in [5, 5.41) is 2.15. The molecule has 2 aromatic carbocycles. The van der Waals surface area contributed by atoms with Crippen LogP contribution in [0.5, 0.6) is 0 Å². The summed E-state index contributed by atoms with van der Waals surface area (Å²) in [7, 11) is 0. The lowest BCUT2D eigenvalue weighted by Gasteiger charge is -2.03. The fraction of sp³-hybridized carbons (Fsp3) is 0. The number of rotatable bonds is 0.